The lowest BCUT2D eigenvalue weighted by atomic mass is 10.2. The van der Waals surface area contributed by atoms with E-state index in [9.17, 15) is 8.42 Å². The summed E-state index contributed by atoms with van der Waals surface area (Å²) in [5.74, 6) is 0.702. The molecule has 0 aromatic heterocycles. The molecule has 0 amide bonds. The molecule has 3 rings (SSSR count). The van der Waals surface area contributed by atoms with Crippen molar-refractivity contribution in [2.24, 2.45) is 0 Å². The van der Waals surface area contributed by atoms with E-state index in [4.69, 9.17) is 16.3 Å². The van der Waals surface area contributed by atoms with Crippen molar-refractivity contribution in [1.29, 1.82) is 0 Å². The number of hydrogen-bond donors (Lipinski definition) is 0. The van der Waals surface area contributed by atoms with Crippen molar-refractivity contribution < 1.29 is 13.2 Å². The van der Waals surface area contributed by atoms with Gasteiger partial charge in [-0.15, -0.1) is 11.8 Å². The van der Waals surface area contributed by atoms with Crippen molar-refractivity contribution in [3.05, 3.63) is 59.1 Å². The normalized spacial score (nSPS) is 16.2. The van der Waals surface area contributed by atoms with Gasteiger partial charge in [0.05, 0.1) is 18.1 Å². The van der Waals surface area contributed by atoms with Crippen molar-refractivity contribution >= 4 is 33.4 Å². The Morgan fingerprint density at radius 3 is 2.50 bits per heavy atom. The summed E-state index contributed by atoms with van der Waals surface area (Å²) in [6, 6.07) is 14.8. The molecule has 128 valence electrons. The van der Waals surface area contributed by atoms with E-state index in [0.29, 0.717) is 42.0 Å². The summed E-state index contributed by atoms with van der Waals surface area (Å²) in [4.78, 5) is 1.44. The summed E-state index contributed by atoms with van der Waals surface area (Å²) in [5.41, 5.74) is 0.976. The topological polar surface area (TPSA) is 46.6 Å². The summed E-state index contributed by atoms with van der Waals surface area (Å²) < 4.78 is 32.1. The average Bonchev–Trinajstić information content (AvgIpc) is 2.62. The third-order valence-electron chi connectivity index (χ3n) is 3.73. The number of sulfonamides is 1. The minimum atomic E-state index is -3.45. The van der Waals surface area contributed by atoms with Gasteiger partial charge in [0, 0.05) is 28.8 Å². The summed E-state index contributed by atoms with van der Waals surface area (Å²) in [6.07, 6.45) is 0. The van der Waals surface area contributed by atoms with Crippen LogP contribution < -0.4 is 0 Å². The van der Waals surface area contributed by atoms with Gasteiger partial charge in [-0.05, 0) is 42.0 Å². The molecule has 1 aliphatic heterocycles. The number of hydrogen-bond acceptors (Lipinski definition) is 4. The third kappa shape index (κ3) is 4.32. The highest BCUT2D eigenvalue weighted by Crippen LogP contribution is 2.26. The molecule has 24 heavy (non-hydrogen) atoms. The number of rotatable bonds is 5. The second kappa shape index (κ2) is 7.89. The van der Waals surface area contributed by atoms with Gasteiger partial charge in [0.15, 0.2) is 0 Å². The van der Waals surface area contributed by atoms with Crippen molar-refractivity contribution in [1.82, 2.24) is 4.31 Å². The van der Waals surface area contributed by atoms with Crippen LogP contribution in [-0.2, 0) is 20.5 Å². The van der Waals surface area contributed by atoms with E-state index in [0.717, 1.165) is 10.5 Å². The maximum absolute atomic E-state index is 12.7. The highest BCUT2D eigenvalue weighted by atomic mass is 35.5. The maximum atomic E-state index is 12.7. The van der Waals surface area contributed by atoms with Crippen LogP contribution in [0.15, 0.2) is 58.3 Å². The molecule has 7 heteroatoms. The lowest BCUT2D eigenvalue weighted by Crippen LogP contribution is -2.40. The summed E-state index contributed by atoms with van der Waals surface area (Å²) >= 11 is 7.53. The molecule has 0 radical (unpaired) electrons. The van der Waals surface area contributed by atoms with E-state index in [2.05, 4.69) is 0 Å². The standard InChI is InChI=1S/C17H18ClNO3S2/c18-15-4-6-16(7-5-15)23-13-14-2-1-3-17(12-14)24(20,21)19-8-10-22-11-9-19/h1-7,12H,8-11,13H2. The van der Waals surface area contributed by atoms with Crippen LogP contribution in [0.1, 0.15) is 5.56 Å². The molecule has 0 bridgehead atoms. The molecular formula is C17H18ClNO3S2. The lowest BCUT2D eigenvalue weighted by Gasteiger charge is -2.26. The molecule has 1 aliphatic rings. The first-order valence-electron chi connectivity index (χ1n) is 7.61. The van der Waals surface area contributed by atoms with Crippen LogP contribution in [0.4, 0.5) is 0 Å². The van der Waals surface area contributed by atoms with Gasteiger partial charge in [0.2, 0.25) is 10.0 Å². The Kier molecular flexibility index (Phi) is 5.84. The van der Waals surface area contributed by atoms with Crippen LogP contribution in [-0.4, -0.2) is 39.0 Å². The minimum Gasteiger partial charge on any atom is -0.379 e. The van der Waals surface area contributed by atoms with Crippen LogP contribution >= 0.6 is 23.4 Å². The van der Waals surface area contributed by atoms with Crippen LogP contribution in [0.2, 0.25) is 5.02 Å². The Morgan fingerprint density at radius 1 is 1.08 bits per heavy atom. The third-order valence-corrected chi connectivity index (χ3v) is 6.96. The SMILES string of the molecule is O=S(=O)(c1cccc(CSc2ccc(Cl)cc2)c1)N1CCOCC1. The van der Waals surface area contributed by atoms with Gasteiger partial charge in [-0.3, -0.25) is 0 Å². The molecule has 1 heterocycles. The van der Waals surface area contributed by atoms with E-state index in [-0.39, 0.29) is 0 Å². The van der Waals surface area contributed by atoms with Crippen LogP contribution in [0.3, 0.4) is 0 Å². The van der Waals surface area contributed by atoms with Gasteiger partial charge in [0.25, 0.3) is 0 Å². The van der Waals surface area contributed by atoms with Crippen molar-refractivity contribution in [2.45, 2.75) is 15.5 Å². The van der Waals surface area contributed by atoms with Gasteiger partial charge >= 0.3 is 0 Å². The highest BCUT2D eigenvalue weighted by molar-refractivity contribution is 7.98. The first-order chi connectivity index (χ1) is 11.6. The monoisotopic (exact) mass is 383 g/mol. The Balaban J connectivity index is 1.72. The first-order valence-corrected chi connectivity index (χ1v) is 10.4. The van der Waals surface area contributed by atoms with E-state index in [1.807, 2.05) is 30.3 Å². The molecule has 0 aliphatic carbocycles. The second-order valence-corrected chi connectivity index (χ2v) is 8.83. The number of thioether (sulfide) groups is 1. The molecule has 0 spiro atoms. The van der Waals surface area contributed by atoms with Gasteiger partial charge in [0.1, 0.15) is 0 Å². The number of morpholine rings is 1. The Labute approximate surface area is 151 Å². The molecule has 1 fully saturated rings. The van der Waals surface area contributed by atoms with Gasteiger partial charge < -0.3 is 4.74 Å². The van der Waals surface area contributed by atoms with E-state index < -0.39 is 10.0 Å². The summed E-state index contributed by atoms with van der Waals surface area (Å²) in [6.45, 7) is 1.72. The fourth-order valence-corrected chi connectivity index (χ4v) is 4.88. The van der Waals surface area contributed by atoms with Crippen molar-refractivity contribution in [3.63, 3.8) is 0 Å². The molecule has 2 aromatic carbocycles. The van der Waals surface area contributed by atoms with E-state index in [1.165, 1.54) is 4.31 Å². The van der Waals surface area contributed by atoms with Gasteiger partial charge in [-0.2, -0.15) is 4.31 Å². The zero-order chi connectivity index (χ0) is 17.0. The predicted octanol–water partition coefficient (Wildman–Crippen LogP) is 3.65. The van der Waals surface area contributed by atoms with Gasteiger partial charge in [-0.1, -0.05) is 23.7 Å². The fraction of sp³-hybridized carbons (Fsp3) is 0.294. The predicted molar refractivity (Wildman–Crippen MR) is 97.0 cm³/mol. The van der Waals surface area contributed by atoms with Crippen molar-refractivity contribution in [2.75, 3.05) is 26.3 Å². The first kappa shape index (κ1) is 17.8. The molecular weight excluding hydrogens is 366 g/mol. The van der Waals surface area contributed by atoms with Crippen LogP contribution in [0.5, 0.6) is 0 Å². The smallest absolute Gasteiger partial charge is 0.243 e. The lowest BCUT2D eigenvalue weighted by molar-refractivity contribution is 0.0730. The largest absolute Gasteiger partial charge is 0.379 e. The summed E-state index contributed by atoms with van der Waals surface area (Å²) in [5, 5.41) is 0.706. The van der Waals surface area contributed by atoms with E-state index >= 15 is 0 Å². The highest BCUT2D eigenvalue weighted by Gasteiger charge is 2.26. The Morgan fingerprint density at radius 2 is 1.79 bits per heavy atom. The molecule has 0 saturated carbocycles. The van der Waals surface area contributed by atoms with Gasteiger partial charge in [-0.25, -0.2) is 8.42 Å². The van der Waals surface area contributed by atoms with Crippen molar-refractivity contribution in [3.8, 4) is 0 Å². The average molecular weight is 384 g/mol. The minimum absolute atomic E-state index is 0.346. The number of halogens is 1. The fourth-order valence-electron chi connectivity index (χ4n) is 2.43. The molecule has 2 aromatic rings. The molecule has 4 nitrogen and oxygen atoms in total. The molecule has 0 unspecified atom stereocenters. The number of nitrogens with zero attached hydrogens (tertiary/aromatic N) is 1. The van der Waals surface area contributed by atoms with E-state index in [1.54, 1.807) is 30.0 Å². The molecule has 1 saturated heterocycles. The Bertz CT molecular complexity index is 788. The van der Waals surface area contributed by atoms with Crippen LogP contribution in [0, 0.1) is 0 Å². The number of benzene rings is 2. The zero-order valence-corrected chi connectivity index (χ0v) is 15.4. The quantitative estimate of drug-likeness (QED) is 0.739. The maximum Gasteiger partial charge on any atom is 0.243 e. The summed E-state index contributed by atoms with van der Waals surface area (Å²) in [7, 11) is -3.45. The van der Waals surface area contributed by atoms with Crippen LogP contribution in [0.25, 0.3) is 0 Å². The molecule has 0 atom stereocenters. The second-order valence-electron chi connectivity index (χ2n) is 5.41. The molecule has 0 N–H and O–H groups in total. The zero-order valence-electron chi connectivity index (χ0n) is 13.0. The number of ether oxygens (including phenoxy) is 1. The Hall–Kier alpha value is -1.05.